The number of hydrogen-bond acceptors (Lipinski definition) is 5. The molecule has 2 aromatic carbocycles. The van der Waals surface area contributed by atoms with Crippen LogP contribution in [0.15, 0.2) is 48.5 Å². The van der Waals surface area contributed by atoms with Gasteiger partial charge in [-0.1, -0.05) is 43.5 Å². The zero-order valence-electron chi connectivity index (χ0n) is 17.5. The van der Waals surface area contributed by atoms with E-state index in [1.807, 2.05) is 20.9 Å². The molecule has 29 heavy (non-hydrogen) atoms. The van der Waals surface area contributed by atoms with Crippen LogP contribution in [0.4, 0.5) is 17.3 Å². The molecule has 1 heterocycles. The lowest BCUT2D eigenvalue weighted by Crippen LogP contribution is -2.30. The highest BCUT2D eigenvalue weighted by molar-refractivity contribution is 5.56. The van der Waals surface area contributed by atoms with Gasteiger partial charge in [-0.3, -0.25) is 0 Å². The standard InChI is InChI=1S/C24H29N5/c1-17-26-18(2)28-23(27-17)29-22-13-9-20(10-14-22)24(15-5-4-6-16-24)19-7-11-21(25-3)12-8-19/h7-14,25H,4-6,15-16H2,1-3H3,(H,26,27,28,29). The molecular formula is C24H29N5. The largest absolute Gasteiger partial charge is 0.388 e. The second kappa shape index (κ2) is 8.19. The third kappa shape index (κ3) is 4.09. The number of aromatic nitrogens is 3. The van der Waals surface area contributed by atoms with Gasteiger partial charge < -0.3 is 10.6 Å². The number of aryl methyl sites for hydroxylation is 2. The van der Waals surface area contributed by atoms with Crippen LogP contribution < -0.4 is 10.6 Å². The van der Waals surface area contributed by atoms with E-state index >= 15 is 0 Å². The molecule has 2 N–H and O–H groups in total. The fourth-order valence-electron chi connectivity index (χ4n) is 4.53. The van der Waals surface area contributed by atoms with Crippen LogP contribution in [0.3, 0.4) is 0 Å². The molecule has 0 saturated heterocycles. The molecule has 0 amide bonds. The van der Waals surface area contributed by atoms with Crippen LogP contribution in [0.25, 0.3) is 0 Å². The fourth-order valence-corrected chi connectivity index (χ4v) is 4.53. The van der Waals surface area contributed by atoms with E-state index in [0.717, 1.165) is 23.0 Å². The minimum Gasteiger partial charge on any atom is -0.388 e. The topological polar surface area (TPSA) is 62.7 Å². The predicted octanol–water partition coefficient (Wildman–Crippen LogP) is 5.52. The van der Waals surface area contributed by atoms with E-state index in [4.69, 9.17) is 0 Å². The summed E-state index contributed by atoms with van der Waals surface area (Å²) in [7, 11) is 1.96. The average Bonchev–Trinajstić information content (AvgIpc) is 2.74. The van der Waals surface area contributed by atoms with Crippen molar-refractivity contribution in [1.82, 2.24) is 15.0 Å². The lowest BCUT2D eigenvalue weighted by Gasteiger charge is -2.39. The second-order valence-electron chi connectivity index (χ2n) is 7.93. The number of hydrogen-bond donors (Lipinski definition) is 2. The Labute approximate surface area is 173 Å². The summed E-state index contributed by atoms with van der Waals surface area (Å²) in [6.07, 6.45) is 6.28. The van der Waals surface area contributed by atoms with E-state index in [-0.39, 0.29) is 5.41 Å². The number of nitrogens with zero attached hydrogens (tertiary/aromatic N) is 3. The van der Waals surface area contributed by atoms with Crippen LogP contribution in [0, 0.1) is 13.8 Å². The Morgan fingerprint density at radius 2 is 1.21 bits per heavy atom. The Balaban J connectivity index is 1.63. The molecule has 0 unspecified atom stereocenters. The molecule has 0 aliphatic heterocycles. The first-order valence-corrected chi connectivity index (χ1v) is 10.4. The van der Waals surface area contributed by atoms with Gasteiger partial charge in [-0.15, -0.1) is 0 Å². The monoisotopic (exact) mass is 387 g/mol. The van der Waals surface area contributed by atoms with Crippen LogP contribution in [-0.4, -0.2) is 22.0 Å². The Kier molecular flexibility index (Phi) is 5.47. The minimum absolute atomic E-state index is 0.101. The van der Waals surface area contributed by atoms with Gasteiger partial charge in [-0.05, 0) is 62.1 Å². The molecular weight excluding hydrogens is 358 g/mol. The Hall–Kier alpha value is -2.95. The zero-order chi connectivity index (χ0) is 20.3. The first-order valence-electron chi connectivity index (χ1n) is 10.4. The van der Waals surface area contributed by atoms with Crippen molar-refractivity contribution in [3.05, 3.63) is 71.3 Å². The van der Waals surface area contributed by atoms with Crippen LogP contribution in [0.2, 0.25) is 0 Å². The van der Waals surface area contributed by atoms with Gasteiger partial charge in [0.15, 0.2) is 0 Å². The quantitative estimate of drug-likeness (QED) is 0.603. The molecule has 1 aliphatic carbocycles. The van der Waals surface area contributed by atoms with Crippen LogP contribution >= 0.6 is 0 Å². The summed E-state index contributed by atoms with van der Waals surface area (Å²) in [5.74, 6) is 2.04. The molecule has 3 aromatic rings. The van der Waals surface area contributed by atoms with Crippen molar-refractivity contribution in [2.75, 3.05) is 17.7 Å². The van der Waals surface area contributed by atoms with Crippen molar-refractivity contribution in [1.29, 1.82) is 0 Å². The number of nitrogens with one attached hydrogen (secondary N) is 2. The fraction of sp³-hybridized carbons (Fsp3) is 0.375. The molecule has 0 spiro atoms. The number of rotatable bonds is 5. The van der Waals surface area contributed by atoms with E-state index in [2.05, 4.69) is 74.1 Å². The van der Waals surface area contributed by atoms with Gasteiger partial charge >= 0.3 is 0 Å². The lowest BCUT2D eigenvalue weighted by molar-refractivity contribution is 0.346. The molecule has 0 atom stereocenters. The molecule has 5 heteroatoms. The van der Waals surface area contributed by atoms with Gasteiger partial charge in [0, 0.05) is 23.8 Å². The summed E-state index contributed by atoms with van der Waals surface area (Å²) in [5, 5.41) is 6.54. The Morgan fingerprint density at radius 1 is 0.690 bits per heavy atom. The van der Waals surface area contributed by atoms with E-state index in [1.54, 1.807) is 0 Å². The molecule has 150 valence electrons. The SMILES string of the molecule is CNc1ccc(C2(c3ccc(Nc4nc(C)nc(C)n4)cc3)CCCCC2)cc1. The van der Waals surface area contributed by atoms with Crippen molar-refractivity contribution in [3.63, 3.8) is 0 Å². The lowest BCUT2D eigenvalue weighted by atomic mass is 9.65. The summed E-state index contributed by atoms with van der Waals surface area (Å²) >= 11 is 0. The third-order valence-corrected chi connectivity index (χ3v) is 5.99. The number of anilines is 3. The van der Waals surface area contributed by atoms with Crippen molar-refractivity contribution >= 4 is 17.3 Å². The molecule has 1 saturated carbocycles. The van der Waals surface area contributed by atoms with Gasteiger partial charge in [0.1, 0.15) is 11.6 Å². The van der Waals surface area contributed by atoms with E-state index in [9.17, 15) is 0 Å². The van der Waals surface area contributed by atoms with E-state index < -0.39 is 0 Å². The van der Waals surface area contributed by atoms with Crippen LogP contribution in [0.1, 0.15) is 54.9 Å². The number of benzene rings is 2. The molecule has 1 aliphatic rings. The van der Waals surface area contributed by atoms with E-state index in [0.29, 0.717) is 5.95 Å². The Morgan fingerprint density at radius 3 is 1.72 bits per heavy atom. The maximum absolute atomic E-state index is 4.38. The van der Waals surface area contributed by atoms with E-state index in [1.165, 1.54) is 43.2 Å². The van der Waals surface area contributed by atoms with Gasteiger partial charge in [0.25, 0.3) is 0 Å². The Bertz CT molecular complexity index is 937. The van der Waals surface area contributed by atoms with Crippen LogP contribution in [0.5, 0.6) is 0 Å². The normalized spacial score (nSPS) is 15.7. The highest BCUT2D eigenvalue weighted by atomic mass is 15.2. The summed E-state index contributed by atoms with van der Waals surface area (Å²) in [6.45, 7) is 3.77. The molecule has 1 aromatic heterocycles. The first kappa shape index (κ1) is 19.4. The molecule has 5 nitrogen and oxygen atoms in total. The highest BCUT2D eigenvalue weighted by Gasteiger charge is 2.35. The summed E-state index contributed by atoms with van der Waals surface area (Å²) in [5.41, 5.74) is 5.06. The summed E-state index contributed by atoms with van der Waals surface area (Å²) < 4.78 is 0. The summed E-state index contributed by atoms with van der Waals surface area (Å²) in [4.78, 5) is 13.0. The predicted molar refractivity (Wildman–Crippen MR) is 119 cm³/mol. The van der Waals surface area contributed by atoms with Crippen LogP contribution in [-0.2, 0) is 5.41 Å². The van der Waals surface area contributed by atoms with Crippen molar-refractivity contribution in [2.24, 2.45) is 0 Å². The molecule has 0 radical (unpaired) electrons. The van der Waals surface area contributed by atoms with Gasteiger partial charge in [-0.2, -0.15) is 9.97 Å². The first-order chi connectivity index (χ1) is 14.1. The van der Waals surface area contributed by atoms with Gasteiger partial charge in [0.2, 0.25) is 5.95 Å². The molecule has 1 fully saturated rings. The van der Waals surface area contributed by atoms with Crippen molar-refractivity contribution < 1.29 is 0 Å². The van der Waals surface area contributed by atoms with Crippen molar-refractivity contribution in [3.8, 4) is 0 Å². The van der Waals surface area contributed by atoms with Gasteiger partial charge in [-0.25, -0.2) is 4.98 Å². The third-order valence-electron chi connectivity index (χ3n) is 5.99. The van der Waals surface area contributed by atoms with Crippen molar-refractivity contribution in [2.45, 2.75) is 51.4 Å². The molecule has 4 rings (SSSR count). The maximum atomic E-state index is 4.38. The van der Waals surface area contributed by atoms with Gasteiger partial charge in [0.05, 0.1) is 0 Å². The maximum Gasteiger partial charge on any atom is 0.230 e. The smallest absolute Gasteiger partial charge is 0.230 e. The highest BCUT2D eigenvalue weighted by Crippen LogP contribution is 2.45. The zero-order valence-corrected chi connectivity index (χ0v) is 17.5. The molecule has 0 bridgehead atoms. The summed E-state index contributed by atoms with van der Waals surface area (Å²) in [6, 6.07) is 17.8. The minimum atomic E-state index is 0.101. The average molecular weight is 388 g/mol. The second-order valence-corrected chi connectivity index (χ2v) is 7.93.